The molecule has 2 aliphatic rings. The molecule has 1 saturated heterocycles. The number of hydrogen-bond acceptors (Lipinski definition) is 6. The summed E-state index contributed by atoms with van der Waals surface area (Å²) in [6.07, 6.45) is 7.76. The molecular formula is C27H34N6O2. The second kappa shape index (κ2) is 10.4. The third-order valence-corrected chi connectivity index (χ3v) is 6.53. The van der Waals surface area contributed by atoms with E-state index in [-0.39, 0.29) is 24.2 Å². The Kier molecular flexibility index (Phi) is 7.31. The van der Waals surface area contributed by atoms with E-state index in [1.165, 1.54) is 6.20 Å². The van der Waals surface area contributed by atoms with Crippen LogP contribution in [0.1, 0.15) is 44.2 Å². The molecule has 4 rings (SSSR count). The van der Waals surface area contributed by atoms with Crippen molar-refractivity contribution in [2.75, 3.05) is 23.3 Å². The fourth-order valence-corrected chi connectivity index (χ4v) is 4.44. The highest BCUT2D eigenvalue weighted by molar-refractivity contribution is 6.09. The first-order valence-corrected chi connectivity index (χ1v) is 12.2. The number of hydrogen-bond donors (Lipinski definition) is 3. The van der Waals surface area contributed by atoms with Crippen molar-refractivity contribution in [1.82, 2.24) is 4.98 Å². The average Bonchev–Trinajstić information content (AvgIpc) is 3.64. The Hall–Kier alpha value is -3.52. The number of amides is 2. The monoisotopic (exact) mass is 474 g/mol. The number of rotatable bonds is 9. The highest BCUT2D eigenvalue weighted by Crippen LogP contribution is 2.44. The molecule has 2 heterocycles. The quantitative estimate of drug-likeness (QED) is 0.481. The number of aromatic nitrogens is 1. The fourth-order valence-electron chi connectivity index (χ4n) is 4.44. The smallest absolute Gasteiger partial charge is 0.247 e. The summed E-state index contributed by atoms with van der Waals surface area (Å²) >= 11 is 0. The van der Waals surface area contributed by atoms with Gasteiger partial charge >= 0.3 is 0 Å². The molecule has 1 atom stereocenters. The van der Waals surface area contributed by atoms with Crippen molar-refractivity contribution in [3.63, 3.8) is 0 Å². The largest absolute Gasteiger partial charge is 0.404 e. The van der Waals surface area contributed by atoms with Crippen LogP contribution in [0.15, 0.2) is 53.8 Å². The molecule has 0 bridgehead atoms. The third kappa shape index (κ3) is 5.77. The SMILES string of the molecule is CC(C)CN=CC(=CN)c1cccc(CC(=O)Nc2cc(N3CC[C@@](N)(C4CC4)C3=O)ccn2)c1. The molecular weight excluding hydrogens is 440 g/mol. The molecule has 2 fully saturated rings. The van der Waals surface area contributed by atoms with Gasteiger partial charge in [-0.3, -0.25) is 14.6 Å². The lowest BCUT2D eigenvalue weighted by Crippen LogP contribution is -2.50. The maximum atomic E-state index is 13.0. The molecule has 1 aliphatic heterocycles. The van der Waals surface area contributed by atoms with Crippen molar-refractivity contribution in [1.29, 1.82) is 0 Å². The summed E-state index contributed by atoms with van der Waals surface area (Å²) < 4.78 is 0. The number of benzene rings is 1. The molecule has 0 radical (unpaired) electrons. The van der Waals surface area contributed by atoms with Crippen LogP contribution in [0.25, 0.3) is 5.57 Å². The first-order chi connectivity index (χ1) is 16.8. The van der Waals surface area contributed by atoms with Gasteiger partial charge in [-0.2, -0.15) is 0 Å². The summed E-state index contributed by atoms with van der Waals surface area (Å²) in [6.45, 7) is 5.51. The molecule has 184 valence electrons. The Balaban J connectivity index is 1.40. The van der Waals surface area contributed by atoms with Crippen molar-refractivity contribution >= 4 is 35.1 Å². The van der Waals surface area contributed by atoms with Gasteiger partial charge in [-0.15, -0.1) is 0 Å². The summed E-state index contributed by atoms with van der Waals surface area (Å²) in [5, 5.41) is 2.85. The molecule has 1 saturated carbocycles. The van der Waals surface area contributed by atoms with Crippen LogP contribution in [0, 0.1) is 11.8 Å². The van der Waals surface area contributed by atoms with E-state index < -0.39 is 5.54 Å². The minimum Gasteiger partial charge on any atom is -0.404 e. The molecule has 8 nitrogen and oxygen atoms in total. The molecule has 8 heteroatoms. The fraction of sp³-hybridized carbons (Fsp3) is 0.407. The van der Waals surface area contributed by atoms with Crippen molar-refractivity contribution in [2.24, 2.45) is 28.3 Å². The molecule has 2 amide bonds. The highest BCUT2D eigenvalue weighted by atomic mass is 16.2. The number of nitrogens with one attached hydrogen (secondary N) is 1. The van der Waals surface area contributed by atoms with E-state index in [1.807, 2.05) is 24.3 Å². The topological polar surface area (TPSA) is 127 Å². The maximum absolute atomic E-state index is 13.0. The highest BCUT2D eigenvalue weighted by Gasteiger charge is 2.53. The second-order valence-corrected chi connectivity index (χ2v) is 9.86. The molecule has 1 aliphatic carbocycles. The predicted octanol–water partition coefficient (Wildman–Crippen LogP) is 3.13. The van der Waals surface area contributed by atoms with Gasteiger partial charge in [0, 0.05) is 49.0 Å². The van der Waals surface area contributed by atoms with Crippen LogP contribution in [0.3, 0.4) is 0 Å². The average molecular weight is 475 g/mol. The summed E-state index contributed by atoms with van der Waals surface area (Å²) in [6, 6.07) is 11.2. The van der Waals surface area contributed by atoms with Crippen LogP contribution in [-0.2, 0) is 16.0 Å². The first-order valence-electron chi connectivity index (χ1n) is 12.2. The summed E-state index contributed by atoms with van der Waals surface area (Å²) in [5.41, 5.74) is 14.7. The predicted molar refractivity (Wildman–Crippen MR) is 140 cm³/mol. The van der Waals surface area contributed by atoms with Gasteiger partial charge in [0.05, 0.1) is 6.42 Å². The zero-order chi connectivity index (χ0) is 25.0. The van der Waals surface area contributed by atoms with Crippen LogP contribution >= 0.6 is 0 Å². The number of aliphatic imine (C=N–C) groups is 1. The number of nitrogens with zero attached hydrogens (tertiary/aromatic N) is 3. The molecule has 0 unspecified atom stereocenters. The third-order valence-electron chi connectivity index (χ3n) is 6.53. The first kappa shape index (κ1) is 24.6. The summed E-state index contributed by atoms with van der Waals surface area (Å²) in [5.74, 6) is 0.916. The van der Waals surface area contributed by atoms with Crippen molar-refractivity contribution < 1.29 is 9.59 Å². The Morgan fingerprint density at radius 3 is 2.83 bits per heavy atom. The van der Waals surface area contributed by atoms with E-state index in [0.717, 1.165) is 36.1 Å². The standard InChI is InChI=1S/C27H34N6O2/c1-18(2)16-30-17-21(15-28)20-5-3-4-19(12-20)13-25(34)32-24-14-23(8-10-31-24)33-11-9-27(29,26(33)35)22-6-7-22/h3-5,8,10,12,14-15,17-18,22H,6-7,9,11,13,16,28-29H2,1-2H3,(H,31,32,34)/t27-/m1/s1. The minimum atomic E-state index is -0.756. The van der Waals surface area contributed by atoms with Crippen molar-refractivity contribution in [3.05, 3.63) is 59.9 Å². The normalized spacial score (nSPS) is 20.7. The van der Waals surface area contributed by atoms with Gasteiger partial charge < -0.3 is 21.7 Å². The summed E-state index contributed by atoms with van der Waals surface area (Å²) in [4.78, 5) is 36.1. The lowest BCUT2D eigenvalue weighted by Gasteiger charge is -2.23. The Labute approximate surface area is 206 Å². The Morgan fingerprint density at radius 1 is 1.31 bits per heavy atom. The number of pyridine rings is 1. The number of anilines is 2. The molecule has 0 spiro atoms. The van der Waals surface area contributed by atoms with Crippen LogP contribution in [0.5, 0.6) is 0 Å². The van der Waals surface area contributed by atoms with E-state index in [2.05, 4.69) is 29.1 Å². The van der Waals surface area contributed by atoms with E-state index in [0.29, 0.717) is 30.4 Å². The zero-order valence-corrected chi connectivity index (χ0v) is 20.4. The van der Waals surface area contributed by atoms with Crippen LogP contribution in [0.2, 0.25) is 0 Å². The van der Waals surface area contributed by atoms with Gasteiger partial charge in [0.2, 0.25) is 11.8 Å². The van der Waals surface area contributed by atoms with E-state index in [1.54, 1.807) is 29.4 Å². The molecule has 2 aromatic rings. The van der Waals surface area contributed by atoms with Crippen LogP contribution in [-0.4, -0.2) is 41.6 Å². The molecule has 5 N–H and O–H groups in total. The van der Waals surface area contributed by atoms with Crippen LogP contribution < -0.4 is 21.7 Å². The zero-order valence-electron chi connectivity index (χ0n) is 20.4. The molecule has 1 aromatic heterocycles. The Morgan fingerprint density at radius 2 is 2.11 bits per heavy atom. The minimum absolute atomic E-state index is 0.0408. The summed E-state index contributed by atoms with van der Waals surface area (Å²) in [7, 11) is 0. The van der Waals surface area contributed by atoms with Gasteiger partial charge in [-0.05, 0) is 48.3 Å². The maximum Gasteiger partial charge on any atom is 0.247 e. The van der Waals surface area contributed by atoms with Crippen molar-refractivity contribution in [2.45, 2.75) is 45.1 Å². The molecule has 1 aromatic carbocycles. The van der Waals surface area contributed by atoms with Gasteiger partial charge in [-0.1, -0.05) is 38.1 Å². The lowest BCUT2D eigenvalue weighted by molar-refractivity contribution is -0.122. The van der Waals surface area contributed by atoms with Gasteiger partial charge in [0.15, 0.2) is 0 Å². The van der Waals surface area contributed by atoms with Crippen LogP contribution in [0.4, 0.5) is 11.5 Å². The van der Waals surface area contributed by atoms with E-state index in [9.17, 15) is 9.59 Å². The number of carbonyl (C=O) groups excluding carboxylic acids is 2. The second-order valence-electron chi connectivity index (χ2n) is 9.86. The Bertz CT molecular complexity index is 1150. The number of allylic oxidation sites excluding steroid dienone is 1. The number of nitrogens with two attached hydrogens (primary N) is 2. The molecule has 35 heavy (non-hydrogen) atoms. The van der Waals surface area contributed by atoms with Crippen molar-refractivity contribution in [3.8, 4) is 0 Å². The number of carbonyl (C=O) groups is 2. The van der Waals surface area contributed by atoms with E-state index >= 15 is 0 Å². The van der Waals surface area contributed by atoms with Gasteiger partial charge in [-0.25, -0.2) is 4.98 Å². The van der Waals surface area contributed by atoms with Gasteiger partial charge in [0.1, 0.15) is 11.4 Å². The lowest BCUT2D eigenvalue weighted by atomic mass is 9.93. The van der Waals surface area contributed by atoms with Gasteiger partial charge in [0.25, 0.3) is 0 Å². The van der Waals surface area contributed by atoms with E-state index in [4.69, 9.17) is 11.5 Å².